The molecule has 0 radical (unpaired) electrons. The normalized spacial score (nSPS) is 30.9. The Labute approximate surface area is 125 Å². The van der Waals surface area contributed by atoms with Crippen LogP contribution in [0.15, 0.2) is 24.3 Å². The number of para-hydroxylation sites is 1. The molecule has 0 spiro atoms. The van der Waals surface area contributed by atoms with Crippen LogP contribution in [0.1, 0.15) is 26.5 Å². The van der Waals surface area contributed by atoms with Crippen molar-refractivity contribution in [1.29, 1.82) is 0 Å². The summed E-state index contributed by atoms with van der Waals surface area (Å²) in [5.41, 5.74) is 2.08. The van der Waals surface area contributed by atoms with Crippen LogP contribution in [-0.4, -0.2) is 33.2 Å². The minimum absolute atomic E-state index is 0.0972. The first kappa shape index (κ1) is 14.5. The van der Waals surface area contributed by atoms with Gasteiger partial charge in [0, 0.05) is 24.8 Å². The van der Waals surface area contributed by atoms with Gasteiger partial charge >= 0.3 is 0 Å². The predicted octanol–water partition coefficient (Wildman–Crippen LogP) is 2.54. The zero-order valence-corrected chi connectivity index (χ0v) is 13.2. The van der Waals surface area contributed by atoms with E-state index in [0.717, 1.165) is 16.6 Å². The summed E-state index contributed by atoms with van der Waals surface area (Å²) in [6.07, 6.45) is 0.468. The number of fused-ring (bicyclic) bond motifs is 1. The van der Waals surface area contributed by atoms with E-state index < -0.39 is 6.10 Å². The van der Waals surface area contributed by atoms with Crippen LogP contribution in [0.25, 0.3) is 10.9 Å². The van der Waals surface area contributed by atoms with Gasteiger partial charge in [-0.05, 0) is 25.8 Å². The van der Waals surface area contributed by atoms with Crippen molar-refractivity contribution >= 4 is 10.9 Å². The van der Waals surface area contributed by atoms with Crippen molar-refractivity contribution in [1.82, 2.24) is 9.78 Å². The van der Waals surface area contributed by atoms with Crippen LogP contribution in [-0.2, 0) is 18.2 Å². The molecule has 4 heteroatoms. The van der Waals surface area contributed by atoms with E-state index in [2.05, 4.69) is 38.0 Å². The molecule has 1 aromatic carbocycles. The number of rotatable bonds is 3. The largest absolute Gasteiger partial charge is 0.392 e. The number of aliphatic hydroxyl groups excluding tert-OH is 1. The number of benzene rings is 1. The number of aliphatic hydroxyl groups is 1. The summed E-state index contributed by atoms with van der Waals surface area (Å²) in [4.78, 5) is 0. The van der Waals surface area contributed by atoms with Crippen LogP contribution in [0.2, 0.25) is 0 Å². The summed E-state index contributed by atoms with van der Waals surface area (Å²) >= 11 is 0. The zero-order chi connectivity index (χ0) is 15.1. The van der Waals surface area contributed by atoms with Crippen LogP contribution in [0.5, 0.6) is 0 Å². The summed E-state index contributed by atoms with van der Waals surface area (Å²) in [5, 5.41) is 16.4. The maximum Gasteiger partial charge on any atom is 0.0729 e. The molecule has 1 fully saturated rings. The van der Waals surface area contributed by atoms with Gasteiger partial charge in [-0.25, -0.2) is 0 Å². The van der Waals surface area contributed by atoms with Gasteiger partial charge in [0.1, 0.15) is 0 Å². The van der Waals surface area contributed by atoms with Crippen molar-refractivity contribution in [2.45, 2.75) is 45.5 Å². The molecule has 3 rings (SSSR count). The van der Waals surface area contributed by atoms with E-state index in [-0.39, 0.29) is 18.1 Å². The van der Waals surface area contributed by atoms with Crippen molar-refractivity contribution in [3.63, 3.8) is 0 Å². The SMILES string of the molecule is CC1OC(C)C(C(O)Cc2nn(C)c3ccccc23)C1C. The Hall–Kier alpha value is -1.39. The van der Waals surface area contributed by atoms with Gasteiger partial charge in [-0.2, -0.15) is 5.10 Å². The molecule has 0 bridgehead atoms. The molecule has 2 heterocycles. The standard InChI is InChI=1S/C17H24N2O2/c1-10-11(2)21-12(3)17(10)16(20)9-14-13-7-5-6-8-15(13)19(4)18-14/h5-8,10-12,16-17,20H,9H2,1-4H3. The van der Waals surface area contributed by atoms with Gasteiger partial charge in [-0.1, -0.05) is 25.1 Å². The lowest BCUT2D eigenvalue weighted by Gasteiger charge is -2.24. The van der Waals surface area contributed by atoms with Crippen LogP contribution in [0.4, 0.5) is 0 Å². The van der Waals surface area contributed by atoms with Crippen LogP contribution >= 0.6 is 0 Å². The van der Waals surface area contributed by atoms with Crippen molar-refractivity contribution < 1.29 is 9.84 Å². The number of hydrogen-bond donors (Lipinski definition) is 1. The van der Waals surface area contributed by atoms with E-state index in [1.165, 1.54) is 0 Å². The monoisotopic (exact) mass is 288 g/mol. The van der Waals surface area contributed by atoms with Gasteiger partial charge in [-0.3, -0.25) is 4.68 Å². The highest BCUT2D eigenvalue weighted by atomic mass is 16.5. The predicted molar refractivity (Wildman–Crippen MR) is 83.1 cm³/mol. The van der Waals surface area contributed by atoms with E-state index in [4.69, 9.17) is 4.74 Å². The van der Waals surface area contributed by atoms with Gasteiger partial charge in [0.05, 0.1) is 29.5 Å². The van der Waals surface area contributed by atoms with Crippen molar-refractivity contribution in [3.05, 3.63) is 30.0 Å². The topological polar surface area (TPSA) is 47.3 Å². The van der Waals surface area contributed by atoms with E-state index in [1.54, 1.807) is 0 Å². The lowest BCUT2D eigenvalue weighted by atomic mass is 9.83. The van der Waals surface area contributed by atoms with Gasteiger partial charge < -0.3 is 9.84 Å². The summed E-state index contributed by atoms with van der Waals surface area (Å²) < 4.78 is 7.74. The summed E-state index contributed by atoms with van der Waals surface area (Å²) in [5.74, 6) is 0.533. The minimum atomic E-state index is -0.418. The van der Waals surface area contributed by atoms with Crippen LogP contribution in [0, 0.1) is 11.8 Å². The third kappa shape index (κ3) is 2.47. The molecule has 4 nitrogen and oxygen atoms in total. The second-order valence-corrected chi connectivity index (χ2v) is 6.34. The molecule has 1 aromatic heterocycles. The zero-order valence-electron chi connectivity index (χ0n) is 13.2. The van der Waals surface area contributed by atoms with Crippen LogP contribution in [0.3, 0.4) is 0 Å². The fourth-order valence-corrected chi connectivity index (χ4v) is 3.73. The Morgan fingerprint density at radius 2 is 1.95 bits per heavy atom. The van der Waals surface area contributed by atoms with E-state index in [0.29, 0.717) is 12.3 Å². The quantitative estimate of drug-likeness (QED) is 0.944. The Morgan fingerprint density at radius 1 is 1.24 bits per heavy atom. The Kier molecular flexibility index (Phi) is 3.76. The average Bonchev–Trinajstić information content (AvgIpc) is 2.89. The molecule has 5 unspecified atom stereocenters. The van der Waals surface area contributed by atoms with Crippen LogP contribution < -0.4 is 0 Å². The fraction of sp³-hybridized carbons (Fsp3) is 0.588. The lowest BCUT2D eigenvalue weighted by molar-refractivity contribution is 0.0237. The maximum atomic E-state index is 10.7. The first-order valence-electron chi connectivity index (χ1n) is 7.73. The first-order valence-corrected chi connectivity index (χ1v) is 7.73. The first-order chi connectivity index (χ1) is 9.99. The molecule has 2 aromatic rings. The second kappa shape index (κ2) is 5.43. The Balaban J connectivity index is 1.85. The summed E-state index contributed by atoms with van der Waals surface area (Å²) in [6, 6.07) is 8.17. The molecule has 1 aliphatic rings. The molecular weight excluding hydrogens is 264 g/mol. The van der Waals surface area contributed by atoms with Crippen molar-refractivity contribution in [3.8, 4) is 0 Å². The summed E-state index contributed by atoms with van der Waals surface area (Å²) in [6.45, 7) is 6.31. The molecule has 0 saturated carbocycles. The van der Waals surface area contributed by atoms with Crippen molar-refractivity contribution in [2.75, 3.05) is 0 Å². The molecule has 114 valence electrons. The van der Waals surface area contributed by atoms with E-state index >= 15 is 0 Å². The van der Waals surface area contributed by atoms with Crippen molar-refractivity contribution in [2.24, 2.45) is 18.9 Å². The smallest absolute Gasteiger partial charge is 0.0729 e. The molecule has 1 N–H and O–H groups in total. The van der Waals surface area contributed by atoms with E-state index in [1.807, 2.05) is 23.9 Å². The molecule has 21 heavy (non-hydrogen) atoms. The highest BCUT2D eigenvalue weighted by molar-refractivity contribution is 5.81. The maximum absolute atomic E-state index is 10.7. The Morgan fingerprint density at radius 3 is 2.62 bits per heavy atom. The summed E-state index contributed by atoms with van der Waals surface area (Å²) in [7, 11) is 1.95. The minimum Gasteiger partial charge on any atom is -0.392 e. The Bertz CT molecular complexity index is 637. The number of hydrogen-bond acceptors (Lipinski definition) is 3. The molecule has 5 atom stereocenters. The van der Waals surface area contributed by atoms with E-state index in [9.17, 15) is 5.11 Å². The molecular formula is C17H24N2O2. The molecule has 0 aliphatic carbocycles. The highest BCUT2D eigenvalue weighted by Crippen LogP contribution is 2.35. The molecule has 1 saturated heterocycles. The number of nitrogens with zero attached hydrogens (tertiary/aromatic N) is 2. The fourth-order valence-electron chi connectivity index (χ4n) is 3.73. The molecule has 1 aliphatic heterocycles. The second-order valence-electron chi connectivity index (χ2n) is 6.34. The van der Waals surface area contributed by atoms with Gasteiger partial charge in [0.25, 0.3) is 0 Å². The average molecular weight is 288 g/mol. The lowest BCUT2D eigenvalue weighted by Crippen LogP contribution is -2.32. The third-order valence-electron chi connectivity index (χ3n) is 5.00. The number of aromatic nitrogens is 2. The number of ether oxygens (including phenoxy) is 1. The van der Waals surface area contributed by atoms with Gasteiger partial charge in [-0.15, -0.1) is 0 Å². The highest BCUT2D eigenvalue weighted by Gasteiger charge is 2.41. The number of aryl methyl sites for hydroxylation is 1. The third-order valence-corrected chi connectivity index (χ3v) is 5.00. The molecule has 0 amide bonds. The van der Waals surface area contributed by atoms with Gasteiger partial charge in [0.15, 0.2) is 0 Å². The van der Waals surface area contributed by atoms with Gasteiger partial charge in [0.2, 0.25) is 0 Å².